The Labute approximate surface area is 128 Å². The summed E-state index contributed by atoms with van der Waals surface area (Å²) in [7, 11) is 0. The fourth-order valence-electron chi connectivity index (χ4n) is 2.47. The summed E-state index contributed by atoms with van der Waals surface area (Å²) in [5, 5.41) is 3.67. The second kappa shape index (κ2) is 6.87. The Morgan fingerprint density at radius 2 is 2.10 bits per heavy atom. The highest BCUT2D eigenvalue weighted by Crippen LogP contribution is 2.17. The Morgan fingerprint density at radius 3 is 2.85 bits per heavy atom. The molecule has 0 amide bonds. The average Bonchev–Trinajstić information content (AvgIpc) is 2.69. The van der Waals surface area contributed by atoms with Crippen LogP contribution in [0.2, 0.25) is 0 Å². The predicted molar refractivity (Wildman–Crippen MR) is 91.0 cm³/mol. The highest BCUT2D eigenvalue weighted by molar-refractivity contribution is 8.03. The standard InChI is InChI=1S/C15H21N3S2/c1-11-3-2-4-13-15(11)18-14(17-13)5-6-16-12-9-19-7-8-20-10-12/h2-4,12,16H,5-10H2,1H3,(H,17,18). The number of aromatic amines is 1. The third kappa shape index (κ3) is 3.51. The maximum atomic E-state index is 4.71. The van der Waals surface area contributed by atoms with E-state index >= 15 is 0 Å². The molecule has 0 saturated carbocycles. The molecule has 0 atom stereocenters. The number of aromatic nitrogens is 2. The van der Waals surface area contributed by atoms with Gasteiger partial charge in [-0.25, -0.2) is 4.98 Å². The number of H-pyrrole nitrogens is 1. The van der Waals surface area contributed by atoms with E-state index in [0.717, 1.165) is 29.8 Å². The normalized spacial score (nSPS) is 17.4. The number of fused-ring (bicyclic) bond motifs is 1. The number of hydrogen-bond donors (Lipinski definition) is 2. The number of para-hydroxylation sites is 1. The van der Waals surface area contributed by atoms with Crippen LogP contribution in [0.25, 0.3) is 11.0 Å². The average molecular weight is 307 g/mol. The van der Waals surface area contributed by atoms with Gasteiger partial charge in [-0.2, -0.15) is 23.5 Å². The number of nitrogens with one attached hydrogen (secondary N) is 2. The maximum absolute atomic E-state index is 4.71. The topological polar surface area (TPSA) is 40.7 Å². The summed E-state index contributed by atoms with van der Waals surface area (Å²) in [6, 6.07) is 6.95. The molecule has 2 heterocycles. The Kier molecular flexibility index (Phi) is 4.91. The van der Waals surface area contributed by atoms with Crippen molar-refractivity contribution in [2.24, 2.45) is 0 Å². The van der Waals surface area contributed by atoms with E-state index in [2.05, 4.69) is 58.9 Å². The predicted octanol–water partition coefficient (Wildman–Crippen LogP) is 2.85. The van der Waals surface area contributed by atoms with Gasteiger partial charge in [-0.05, 0) is 18.6 Å². The van der Waals surface area contributed by atoms with Crippen molar-refractivity contribution < 1.29 is 0 Å². The minimum Gasteiger partial charge on any atom is -0.342 e. The number of imidazole rings is 1. The fourth-order valence-corrected chi connectivity index (χ4v) is 4.94. The van der Waals surface area contributed by atoms with E-state index in [0.29, 0.717) is 6.04 Å². The number of nitrogens with zero attached hydrogens (tertiary/aromatic N) is 1. The van der Waals surface area contributed by atoms with Gasteiger partial charge in [0, 0.05) is 42.0 Å². The van der Waals surface area contributed by atoms with Gasteiger partial charge in [-0.3, -0.25) is 0 Å². The molecule has 3 rings (SSSR count). The smallest absolute Gasteiger partial charge is 0.108 e. The molecule has 1 aromatic heterocycles. The van der Waals surface area contributed by atoms with Crippen LogP contribution in [0.5, 0.6) is 0 Å². The second-order valence-corrected chi connectivity index (χ2v) is 7.51. The van der Waals surface area contributed by atoms with Crippen LogP contribution < -0.4 is 5.32 Å². The van der Waals surface area contributed by atoms with Gasteiger partial charge in [0.25, 0.3) is 0 Å². The van der Waals surface area contributed by atoms with Gasteiger partial charge in [-0.1, -0.05) is 12.1 Å². The Balaban J connectivity index is 1.55. The third-order valence-electron chi connectivity index (χ3n) is 3.57. The van der Waals surface area contributed by atoms with Gasteiger partial charge in [-0.15, -0.1) is 0 Å². The Hall–Kier alpha value is -0.650. The fraction of sp³-hybridized carbons (Fsp3) is 0.533. The van der Waals surface area contributed by atoms with Crippen LogP contribution in [0.3, 0.4) is 0 Å². The van der Waals surface area contributed by atoms with E-state index in [1.807, 2.05) is 0 Å². The van der Waals surface area contributed by atoms with Gasteiger partial charge in [0.2, 0.25) is 0 Å². The summed E-state index contributed by atoms with van der Waals surface area (Å²) >= 11 is 4.14. The highest BCUT2D eigenvalue weighted by atomic mass is 32.2. The lowest BCUT2D eigenvalue weighted by Crippen LogP contribution is -2.34. The van der Waals surface area contributed by atoms with Crippen LogP contribution in [0.15, 0.2) is 18.2 Å². The van der Waals surface area contributed by atoms with Gasteiger partial charge < -0.3 is 10.3 Å². The highest BCUT2D eigenvalue weighted by Gasteiger charge is 2.12. The monoisotopic (exact) mass is 307 g/mol. The van der Waals surface area contributed by atoms with Crippen molar-refractivity contribution >= 4 is 34.6 Å². The first-order valence-corrected chi connectivity index (χ1v) is 9.47. The molecule has 20 heavy (non-hydrogen) atoms. The summed E-state index contributed by atoms with van der Waals surface area (Å²) in [5.41, 5.74) is 3.51. The minimum absolute atomic E-state index is 0.651. The number of hydrogen-bond acceptors (Lipinski definition) is 4. The van der Waals surface area contributed by atoms with Crippen molar-refractivity contribution in [1.82, 2.24) is 15.3 Å². The van der Waals surface area contributed by atoms with Crippen LogP contribution in [-0.2, 0) is 6.42 Å². The lowest BCUT2D eigenvalue weighted by molar-refractivity contribution is 0.598. The van der Waals surface area contributed by atoms with Crippen LogP contribution >= 0.6 is 23.5 Å². The Morgan fingerprint density at radius 1 is 1.30 bits per heavy atom. The molecule has 5 heteroatoms. The SMILES string of the molecule is Cc1cccc2[nH]c(CCNC3CSCCSC3)nc12. The number of benzene rings is 1. The molecular formula is C15H21N3S2. The summed E-state index contributed by atoms with van der Waals surface area (Å²) < 4.78 is 0. The molecule has 1 fully saturated rings. The molecule has 1 aliphatic heterocycles. The molecule has 0 spiro atoms. The van der Waals surface area contributed by atoms with Crippen LogP contribution in [0.1, 0.15) is 11.4 Å². The van der Waals surface area contributed by atoms with Crippen molar-refractivity contribution in [3.05, 3.63) is 29.6 Å². The first kappa shape index (κ1) is 14.3. The van der Waals surface area contributed by atoms with Gasteiger partial charge in [0.05, 0.1) is 11.0 Å². The van der Waals surface area contributed by atoms with Crippen molar-refractivity contribution in [3.63, 3.8) is 0 Å². The van der Waals surface area contributed by atoms with Crippen molar-refractivity contribution in [3.8, 4) is 0 Å². The van der Waals surface area contributed by atoms with Crippen LogP contribution in [0, 0.1) is 6.92 Å². The molecule has 1 saturated heterocycles. The summed E-state index contributed by atoms with van der Waals surface area (Å²) in [6.45, 7) is 3.12. The first-order chi connectivity index (χ1) is 9.83. The molecule has 0 radical (unpaired) electrons. The van der Waals surface area contributed by atoms with E-state index < -0.39 is 0 Å². The number of aryl methyl sites for hydroxylation is 1. The van der Waals surface area contributed by atoms with Crippen LogP contribution in [-0.4, -0.2) is 45.6 Å². The number of thioether (sulfide) groups is 2. The molecule has 0 aliphatic carbocycles. The van der Waals surface area contributed by atoms with E-state index in [9.17, 15) is 0 Å². The maximum Gasteiger partial charge on any atom is 0.108 e. The van der Waals surface area contributed by atoms with Gasteiger partial charge >= 0.3 is 0 Å². The Bertz CT molecular complexity index is 559. The zero-order valence-corrected chi connectivity index (χ0v) is 13.4. The lowest BCUT2D eigenvalue weighted by Gasteiger charge is -2.14. The molecule has 108 valence electrons. The minimum atomic E-state index is 0.651. The summed E-state index contributed by atoms with van der Waals surface area (Å²) in [4.78, 5) is 8.13. The molecule has 2 N–H and O–H groups in total. The van der Waals surface area contributed by atoms with Gasteiger partial charge in [0.15, 0.2) is 0 Å². The summed E-state index contributed by atoms with van der Waals surface area (Å²) in [5.74, 6) is 6.17. The number of rotatable bonds is 4. The quantitative estimate of drug-likeness (QED) is 0.911. The second-order valence-electron chi connectivity index (χ2n) is 5.21. The van der Waals surface area contributed by atoms with E-state index in [-0.39, 0.29) is 0 Å². The first-order valence-electron chi connectivity index (χ1n) is 7.16. The van der Waals surface area contributed by atoms with E-state index in [4.69, 9.17) is 4.98 Å². The third-order valence-corrected chi connectivity index (χ3v) is 6.09. The van der Waals surface area contributed by atoms with Crippen molar-refractivity contribution in [2.45, 2.75) is 19.4 Å². The van der Waals surface area contributed by atoms with Crippen LogP contribution in [0.4, 0.5) is 0 Å². The van der Waals surface area contributed by atoms with Crippen molar-refractivity contribution in [2.75, 3.05) is 29.6 Å². The van der Waals surface area contributed by atoms with Crippen molar-refractivity contribution in [1.29, 1.82) is 0 Å². The molecule has 1 aliphatic rings. The van der Waals surface area contributed by atoms with E-state index in [1.165, 1.54) is 28.6 Å². The molecule has 3 nitrogen and oxygen atoms in total. The zero-order valence-electron chi connectivity index (χ0n) is 11.8. The lowest BCUT2D eigenvalue weighted by atomic mass is 10.2. The zero-order chi connectivity index (χ0) is 13.8. The van der Waals surface area contributed by atoms with E-state index in [1.54, 1.807) is 0 Å². The molecule has 2 aromatic rings. The van der Waals surface area contributed by atoms with Gasteiger partial charge in [0.1, 0.15) is 5.82 Å². The molecule has 0 bridgehead atoms. The molecule has 1 aromatic carbocycles. The molecule has 0 unspecified atom stereocenters. The largest absolute Gasteiger partial charge is 0.342 e. The summed E-state index contributed by atoms with van der Waals surface area (Å²) in [6.07, 6.45) is 0.972. The molecular weight excluding hydrogens is 286 g/mol.